The molecule has 0 aliphatic heterocycles. The molecule has 1 aliphatic carbocycles. The lowest BCUT2D eigenvalue weighted by atomic mass is 9.90. The molecule has 1 saturated carbocycles. The molecule has 0 aromatic rings. The minimum atomic E-state index is -0.568. The smallest absolute Gasteiger partial charge is 0.325 e. The minimum Gasteiger partial charge on any atom is -0.468 e. The average Bonchev–Trinajstić information content (AvgIpc) is 2.37. The molecule has 1 N–H and O–H groups in total. The number of likely N-dealkylation sites (N-methyl/N-ethyl adjacent to an activating group) is 1. The Morgan fingerprint density at radius 2 is 2.21 bits per heavy atom. The van der Waals surface area contributed by atoms with Gasteiger partial charge in [-0.2, -0.15) is 11.8 Å². The summed E-state index contributed by atoms with van der Waals surface area (Å²) in [7, 11) is 3.29. The molecule has 1 fully saturated rings. The van der Waals surface area contributed by atoms with Gasteiger partial charge in [-0.3, -0.25) is 4.79 Å². The molecule has 0 saturated heterocycles. The summed E-state index contributed by atoms with van der Waals surface area (Å²) in [6.07, 6.45) is 6.19. The number of carbonyl (C=O) groups is 1. The van der Waals surface area contributed by atoms with Crippen LogP contribution in [0.1, 0.15) is 52.9 Å². The monoisotopic (exact) mass is 287 g/mol. The van der Waals surface area contributed by atoms with Gasteiger partial charge in [-0.25, -0.2) is 0 Å². The van der Waals surface area contributed by atoms with Gasteiger partial charge in [0.1, 0.15) is 5.54 Å². The lowest BCUT2D eigenvalue weighted by Gasteiger charge is -2.32. The standard InChI is InChI=1S/C15H29NO2S/c1-11-7-6-8-13(9-11)19-12(2)10-15(3,16-4)14(17)18-5/h11-13,16H,6-10H2,1-5H3. The van der Waals surface area contributed by atoms with E-state index in [-0.39, 0.29) is 5.97 Å². The van der Waals surface area contributed by atoms with Crippen molar-refractivity contribution < 1.29 is 9.53 Å². The minimum absolute atomic E-state index is 0.167. The Morgan fingerprint density at radius 3 is 2.74 bits per heavy atom. The van der Waals surface area contributed by atoms with Gasteiger partial charge in [-0.15, -0.1) is 0 Å². The van der Waals surface area contributed by atoms with E-state index in [1.165, 1.54) is 32.8 Å². The average molecular weight is 287 g/mol. The highest BCUT2D eigenvalue weighted by Crippen LogP contribution is 2.36. The van der Waals surface area contributed by atoms with E-state index in [1.807, 2.05) is 25.7 Å². The fourth-order valence-electron chi connectivity index (χ4n) is 2.97. The van der Waals surface area contributed by atoms with Gasteiger partial charge in [-0.05, 0) is 39.2 Å². The molecule has 0 bridgehead atoms. The number of hydrogen-bond donors (Lipinski definition) is 1. The van der Waals surface area contributed by atoms with Crippen molar-refractivity contribution in [2.75, 3.05) is 14.2 Å². The second kappa shape index (κ2) is 7.53. The van der Waals surface area contributed by atoms with Gasteiger partial charge < -0.3 is 10.1 Å². The van der Waals surface area contributed by atoms with E-state index in [1.54, 1.807) is 0 Å². The lowest BCUT2D eigenvalue weighted by molar-refractivity contribution is -0.147. The first-order chi connectivity index (χ1) is 8.91. The van der Waals surface area contributed by atoms with Gasteiger partial charge in [0.15, 0.2) is 0 Å². The molecule has 19 heavy (non-hydrogen) atoms. The van der Waals surface area contributed by atoms with Crippen molar-refractivity contribution in [2.45, 2.75) is 68.9 Å². The van der Waals surface area contributed by atoms with Gasteiger partial charge in [0.25, 0.3) is 0 Å². The van der Waals surface area contributed by atoms with Crippen LogP contribution in [0.15, 0.2) is 0 Å². The molecule has 112 valence electrons. The summed E-state index contributed by atoms with van der Waals surface area (Å²) in [6, 6.07) is 0. The third-order valence-corrected chi connectivity index (χ3v) is 5.64. The highest BCUT2D eigenvalue weighted by atomic mass is 32.2. The highest BCUT2D eigenvalue weighted by Gasteiger charge is 2.35. The van der Waals surface area contributed by atoms with Crippen molar-refractivity contribution in [2.24, 2.45) is 5.92 Å². The van der Waals surface area contributed by atoms with Crippen LogP contribution in [0.4, 0.5) is 0 Å². The summed E-state index contributed by atoms with van der Waals surface area (Å²) in [5, 5.41) is 4.34. The number of ether oxygens (including phenoxy) is 1. The summed E-state index contributed by atoms with van der Waals surface area (Å²) < 4.78 is 4.90. The van der Waals surface area contributed by atoms with Crippen LogP contribution < -0.4 is 5.32 Å². The summed E-state index contributed by atoms with van der Waals surface area (Å²) in [5.74, 6) is 0.689. The zero-order valence-corrected chi connectivity index (χ0v) is 13.8. The Morgan fingerprint density at radius 1 is 1.53 bits per heavy atom. The fourth-order valence-corrected chi connectivity index (χ4v) is 4.80. The molecule has 0 radical (unpaired) electrons. The molecule has 1 aliphatic rings. The molecular formula is C15H29NO2S. The summed E-state index contributed by atoms with van der Waals surface area (Å²) in [6.45, 7) is 6.51. The van der Waals surface area contributed by atoms with E-state index in [2.05, 4.69) is 19.2 Å². The van der Waals surface area contributed by atoms with Crippen LogP contribution in [0, 0.1) is 5.92 Å². The molecule has 0 aromatic heterocycles. The molecule has 4 unspecified atom stereocenters. The first-order valence-corrected chi connectivity index (χ1v) is 8.28. The van der Waals surface area contributed by atoms with E-state index >= 15 is 0 Å². The van der Waals surface area contributed by atoms with Crippen LogP contribution in [-0.4, -0.2) is 36.2 Å². The molecule has 4 atom stereocenters. The Bertz CT molecular complexity index is 298. The predicted molar refractivity (Wildman–Crippen MR) is 82.6 cm³/mol. The number of methoxy groups -OCH3 is 1. The first-order valence-electron chi connectivity index (χ1n) is 7.34. The van der Waals surface area contributed by atoms with Crippen molar-refractivity contribution in [3.63, 3.8) is 0 Å². The summed E-state index contributed by atoms with van der Waals surface area (Å²) in [4.78, 5) is 11.9. The van der Waals surface area contributed by atoms with Crippen molar-refractivity contribution in [3.05, 3.63) is 0 Å². The van der Waals surface area contributed by atoms with Crippen molar-refractivity contribution in [1.29, 1.82) is 0 Å². The highest BCUT2D eigenvalue weighted by molar-refractivity contribution is 8.00. The number of esters is 1. The maximum absolute atomic E-state index is 11.9. The molecule has 0 heterocycles. The van der Waals surface area contributed by atoms with Gasteiger partial charge in [0, 0.05) is 10.5 Å². The Balaban J connectivity index is 2.48. The molecule has 0 amide bonds. The largest absolute Gasteiger partial charge is 0.468 e. The van der Waals surface area contributed by atoms with Crippen molar-refractivity contribution >= 4 is 17.7 Å². The van der Waals surface area contributed by atoms with Crippen LogP contribution >= 0.6 is 11.8 Å². The molecule has 4 heteroatoms. The number of hydrogen-bond acceptors (Lipinski definition) is 4. The number of carbonyl (C=O) groups excluding carboxylic acids is 1. The zero-order chi connectivity index (χ0) is 14.5. The number of thioether (sulfide) groups is 1. The molecule has 0 spiro atoms. The maximum Gasteiger partial charge on any atom is 0.325 e. The van der Waals surface area contributed by atoms with E-state index in [4.69, 9.17) is 4.74 Å². The van der Waals surface area contributed by atoms with Crippen LogP contribution in [0.3, 0.4) is 0 Å². The van der Waals surface area contributed by atoms with Crippen LogP contribution in [-0.2, 0) is 9.53 Å². The quantitative estimate of drug-likeness (QED) is 0.761. The normalized spacial score (nSPS) is 28.5. The van der Waals surface area contributed by atoms with E-state index in [9.17, 15) is 4.79 Å². The summed E-state index contributed by atoms with van der Waals surface area (Å²) >= 11 is 2.05. The predicted octanol–water partition coefficient (Wildman–Crippen LogP) is 3.23. The van der Waals surface area contributed by atoms with Gasteiger partial charge in [-0.1, -0.05) is 26.7 Å². The van der Waals surface area contributed by atoms with Crippen molar-refractivity contribution in [1.82, 2.24) is 5.32 Å². The van der Waals surface area contributed by atoms with Gasteiger partial charge in [0.2, 0.25) is 0 Å². The lowest BCUT2D eigenvalue weighted by Crippen LogP contribution is -2.50. The van der Waals surface area contributed by atoms with Crippen molar-refractivity contribution in [3.8, 4) is 0 Å². The van der Waals surface area contributed by atoms with E-state index in [0.29, 0.717) is 5.25 Å². The number of nitrogens with one attached hydrogen (secondary N) is 1. The molecule has 0 aromatic carbocycles. The molecule has 1 rings (SSSR count). The molecule has 3 nitrogen and oxygen atoms in total. The van der Waals surface area contributed by atoms with Crippen LogP contribution in [0.2, 0.25) is 0 Å². The maximum atomic E-state index is 11.9. The second-order valence-electron chi connectivity index (χ2n) is 6.12. The zero-order valence-electron chi connectivity index (χ0n) is 13.0. The topological polar surface area (TPSA) is 38.3 Å². The van der Waals surface area contributed by atoms with Crippen LogP contribution in [0.5, 0.6) is 0 Å². The summed E-state index contributed by atoms with van der Waals surface area (Å²) in [5.41, 5.74) is -0.568. The van der Waals surface area contributed by atoms with Gasteiger partial charge in [0.05, 0.1) is 7.11 Å². The fraction of sp³-hybridized carbons (Fsp3) is 0.933. The van der Waals surface area contributed by atoms with Crippen LogP contribution in [0.25, 0.3) is 0 Å². The Labute approximate surface area is 122 Å². The molecular weight excluding hydrogens is 258 g/mol. The Hall–Kier alpha value is -0.220. The van der Waals surface area contributed by atoms with E-state index < -0.39 is 5.54 Å². The number of rotatable bonds is 6. The van der Waals surface area contributed by atoms with E-state index in [0.717, 1.165) is 17.6 Å². The first kappa shape index (κ1) is 16.8. The Kier molecular flexibility index (Phi) is 6.67. The third-order valence-electron chi connectivity index (χ3n) is 4.20. The SMILES string of the molecule is CNC(C)(CC(C)SC1CCCC(C)C1)C(=O)OC. The van der Waals surface area contributed by atoms with Gasteiger partial charge >= 0.3 is 5.97 Å². The second-order valence-corrected chi connectivity index (χ2v) is 7.86. The third kappa shape index (κ3) is 4.99.